The van der Waals surface area contributed by atoms with Crippen LogP contribution in [-0.4, -0.2) is 35.8 Å². The molecule has 18 heavy (non-hydrogen) atoms. The first-order valence-electron chi connectivity index (χ1n) is 5.37. The molecule has 1 atom stereocenters. The van der Waals surface area contributed by atoms with E-state index in [9.17, 15) is 14.0 Å². The van der Waals surface area contributed by atoms with Gasteiger partial charge in [0, 0.05) is 0 Å². The molecule has 0 amide bonds. The van der Waals surface area contributed by atoms with Crippen LogP contribution in [0.3, 0.4) is 0 Å². The summed E-state index contributed by atoms with van der Waals surface area (Å²) in [5.41, 5.74) is 0. The fourth-order valence-electron chi connectivity index (χ4n) is 1.56. The monoisotopic (exact) mass is 301 g/mol. The molecule has 0 bridgehead atoms. The molecule has 4 nitrogen and oxygen atoms in total. The summed E-state index contributed by atoms with van der Waals surface area (Å²) in [5.74, 6) is -0.0493. The van der Waals surface area contributed by atoms with Gasteiger partial charge in [-0.3, -0.25) is 0 Å². The quantitative estimate of drug-likeness (QED) is 0.445. The van der Waals surface area contributed by atoms with E-state index in [-0.39, 0.29) is 18.2 Å². The average Bonchev–Trinajstić information content (AvgIpc) is 3.04. The number of hydrogen-bond acceptors (Lipinski definition) is 3. The van der Waals surface area contributed by atoms with Gasteiger partial charge in [0.2, 0.25) is 6.54 Å². The Bertz CT molecular complexity index is 399. The predicted molar refractivity (Wildman–Crippen MR) is 61.8 cm³/mol. The van der Waals surface area contributed by atoms with Crippen molar-refractivity contribution in [3.8, 4) is 0 Å². The lowest BCUT2D eigenvalue weighted by atomic mass is 10.2. The van der Waals surface area contributed by atoms with Crippen LogP contribution in [0.15, 0.2) is 10.8 Å². The Hall–Kier alpha value is -0.590. The second-order valence-electron chi connectivity index (χ2n) is 4.24. The van der Waals surface area contributed by atoms with E-state index in [1.807, 2.05) is 0 Å². The Morgan fingerprint density at radius 1 is 1.56 bits per heavy atom. The highest BCUT2D eigenvalue weighted by atomic mass is 35.5. The van der Waals surface area contributed by atoms with Gasteiger partial charge in [0.05, 0.1) is 6.61 Å². The summed E-state index contributed by atoms with van der Waals surface area (Å²) in [4.78, 5) is 0. The summed E-state index contributed by atoms with van der Waals surface area (Å²) in [6.07, 6.45) is 2.94. The maximum atomic E-state index is 12.3. The fourth-order valence-corrected chi connectivity index (χ4v) is 2.24. The molecule has 2 rings (SSSR count). The molecule has 2 aliphatic rings. The number of hydrogen-bond donors (Lipinski definition) is 0. The molecule has 1 aliphatic carbocycles. The minimum Gasteiger partial charge on any atom is -0.624 e. The van der Waals surface area contributed by atoms with Gasteiger partial charge in [0.1, 0.15) is 5.03 Å². The van der Waals surface area contributed by atoms with Gasteiger partial charge in [-0.2, -0.15) is 8.78 Å². The molecule has 0 aromatic heterocycles. The molecular formula is C10H11Cl2F2NO3. The molecule has 1 saturated carbocycles. The SMILES string of the molecule is [O-][N+]1=CC(Cl)=C(OC(F)F)C(Cl)(OCC2CC2)C1. The fraction of sp³-hybridized carbons (Fsp3) is 0.700. The molecule has 1 unspecified atom stereocenters. The number of ether oxygens (including phenoxy) is 2. The van der Waals surface area contributed by atoms with Crippen molar-refractivity contribution in [2.24, 2.45) is 5.92 Å². The van der Waals surface area contributed by atoms with E-state index in [2.05, 4.69) is 4.74 Å². The smallest absolute Gasteiger partial charge is 0.387 e. The molecule has 0 radical (unpaired) electrons. The molecule has 1 heterocycles. The Labute approximate surface area is 112 Å². The first kappa shape index (κ1) is 13.8. The third kappa shape index (κ3) is 3.24. The van der Waals surface area contributed by atoms with Crippen molar-refractivity contribution < 1.29 is 23.0 Å². The van der Waals surface area contributed by atoms with Crippen LogP contribution in [0, 0.1) is 11.1 Å². The minimum absolute atomic E-state index is 0.276. The van der Waals surface area contributed by atoms with Gasteiger partial charge >= 0.3 is 6.61 Å². The lowest BCUT2D eigenvalue weighted by Crippen LogP contribution is -2.42. The Morgan fingerprint density at radius 3 is 2.78 bits per heavy atom. The maximum absolute atomic E-state index is 12.3. The van der Waals surface area contributed by atoms with Gasteiger partial charge in [-0.1, -0.05) is 23.2 Å². The highest BCUT2D eigenvalue weighted by Crippen LogP contribution is 2.38. The van der Waals surface area contributed by atoms with Crippen LogP contribution in [0.4, 0.5) is 8.78 Å². The predicted octanol–water partition coefficient (Wildman–Crippen LogP) is 2.63. The van der Waals surface area contributed by atoms with E-state index >= 15 is 0 Å². The highest BCUT2D eigenvalue weighted by molar-refractivity contribution is 6.40. The molecule has 8 heteroatoms. The molecule has 0 aromatic carbocycles. The van der Waals surface area contributed by atoms with Crippen molar-refractivity contribution in [2.45, 2.75) is 24.5 Å². The van der Waals surface area contributed by atoms with Crippen LogP contribution in [0.1, 0.15) is 12.8 Å². The summed E-state index contributed by atoms with van der Waals surface area (Å²) < 4.78 is 34.7. The van der Waals surface area contributed by atoms with E-state index in [0.717, 1.165) is 19.1 Å². The summed E-state index contributed by atoms with van der Waals surface area (Å²) in [6, 6.07) is 0. The Morgan fingerprint density at radius 2 is 2.22 bits per heavy atom. The molecule has 0 spiro atoms. The number of hydroxylamine groups is 1. The van der Waals surface area contributed by atoms with Crippen LogP contribution in [0.2, 0.25) is 0 Å². The lowest BCUT2D eigenvalue weighted by molar-refractivity contribution is -0.471. The zero-order chi connectivity index (χ0) is 13.3. The Kier molecular flexibility index (Phi) is 3.99. The van der Waals surface area contributed by atoms with Crippen LogP contribution < -0.4 is 0 Å². The molecular weight excluding hydrogens is 291 g/mol. The van der Waals surface area contributed by atoms with E-state index in [0.29, 0.717) is 10.7 Å². The third-order valence-corrected chi connectivity index (χ3v) is 3.29. The highest BCUT2D eigenvalue weighted by Gasteiger charge is 2.46. The summed E-state index contributed by atoms with van der Waals surface area (Å²) in [7, 11) is 0. The largest absolute Gasteiger partial charge is 0.624 e. The number of allylic oxidation sites excluding steroid dienone is 1. The van der Waals surface area contributed by atoms with Crippen LogP contribution in [-0.2, 0) is 9.47 Å². The third-order valence-electron chi connectivity index (χ3n) is 2.62. The zero-order valence-electron chi connectivity index (χ0n) is 9.24. The summed E-state index contributed by atoms with van der Waals surface area (Å²) >= 11 is 11.8. The van der Waals surface area contributed by atoms with E-state index in [1.165, 1.54) is 0 Å². The van der Waals surface area contributed by atoms with Gasteiger partial charge in [-0.15, -0.1) is 0 Å². The summed E-state index contributed by atoms with van der Waals surface area (Å²) in [5, 5.41) is 9.28. The first-order valence-corrected chi connectivity index (χ1v) is 6.13. The van der Waals surface area contributed by atoms with Crippen molar-refractivity contribution in [2.75, 3.05) is 13.2 Å². The van der Waals surface area contributed by atoms with E-state index in [1.54, 1.807) is 0 Å². The average molecular weight is 302 g/mol. The van der Waals surface area contributed by atoms with Crippen molar-refractivity contribution in [3.63, 3.8) is 0 Å². The maximum Gasteiger partial charge on any atom is 0.387 e. The van der Waals surface area contributed by atoms with Gasteiger partial charge in [-0.05, 0) is 18.8 Å². The molecule has 1 aliphatic heterocycles. The van der Waals surface area contributed by atoms with Crippen molar-refractivity contribution in [1.29, 1.82) is 0 Å². The zero-order valence-corrected chi connectivity index (χ0v) is 10.8. The molecule has 1 fully saturated rings. The Balaban J connectivity index is 2.16. The van der Waals surface area contributed by atoms with E-state index in [4.69, 9.17) is 27.9 Å². The van der Waals surface area contributed by atoms with Crippen molar-refractivity contribution in [3.05, 3.63) is 16.0 Å². The number of nitrogens with zero attached hydrogens (tertiary/aromatic N) is 1. The van der Waals surface area contributed by atoms with Gasteiger partial charge in [0.15, 0.2) is 12.0 Å². The van der Waals surface area contributed by atoms with Crippen LogP contribution in [0.5, 0.6) is 0 Å². The number of alkyl halides is 3. The minimum atomic E-state index is -3.08. The second-order valence-corrected chi connectivity index (χ2v) is 5.26. The second kappa shape index (κ2) is 5.19. The first-order chi connectivity index (χ1) is 8.40. The van der Waals surface area contributed by atoms with Gasteiger partial charge in [-0.25, -0.2) is 4.74 Å². The summed E-state index contributed by atoms with van der Waals surface area (Å²) in [6.45, 7) is -3.14. The lowest BCUT2D eigenvalue weighted by Gasteiger charge is -2.30. The topological polar surface area (TPSA) is 44.5 Å². The molecule has 102 valence electrons. The number of halogens is 4. The number of rotatable bonds is 5. The molecule has 0 saturated heterocycles. The van der Waals surface area contributed by atoms with Crippen LogP contribution in [0.25, 0.3) is 0 Å². The standard InChI is InChI=1S/C10H11Cl2F2NO3/c11-7-3-15(16)5-10(12,8(7)18-9(13)14)17-4-6-1-2-6/h3,6,9H,1-2,4-5H2. The molecule has 0 aromatic rings. The van der Waals surface area contributed by atoms with Crippen molar-refractivity contribution in [1.82, 2.24) is 0 Å². The van der Waals surface area contributed by atoms with Crippen molar-refractivity contribution >= 4 is 29.4 Å². The van der Waals surface area contributed by atoms with Crippen LogP contribution >= 0.6 is 23.2 Å². The van der Waals surface area contributed by atoms with Gasteiger partial charge in [0.25, 0.3) is 5.06 Å². The van der Waals surface area contributed by atoms with E-state index < -0.39 is 17.4 Å². The molecule has 0 N–H and O–H groups in total. The normalized spacial score (nSPS) is 28.6. The van der Waals surface area contributed by atoms with Gasteiger partial charge < -0.3 is 14.7 Å².